The second-order valence-electron chi connectivity index (χ2n) is 7.52. The van der Waals surface area contributed by atoms with Gasteiger partial charge in [0.25, 0.3) is 5.91 Å². The summed E-state index contributed by atoms with van der Waals surface area (Å²) in [4.78, 5) is 28.5. The third kappa shape index (κ3) is 3.78. The van der Waals surface area contributed by atoms with Crippen molar-refractivity contribution in [3.8, 4) is 17.0 Å². The number of anilines is 1. The minimum absolute atomic E-state index is 0.229. The number of ether oxygens (including phenoxy) is 2. The minimum atomic E-state index is -0.848. The highest BCUT2D eigenvalue weighted by atomic mass is 16.5. The van der Waals surface area contributed by atoms with Crippen LogP contribution in [-0.4, -0.2) is 46.7 Å². The topological polar surface area (TPSA) is 121 Å². The van der Waals surface area contributed by atoms with Crippen molar-refractivity contribution in [1.82, 2.24) is 14.6 Å². The first-order valence-electron chi connectivity index (χ1n) is 9.35. The lowest BCUT2D eigenvalue weighted by molar-refractivity contribution is -0.151. The second-order valence-corrected chi connectivity index (χ2v) is 7.52. The van der Waals surface area contributed by atoms with Crippen LogP contribution in [0.15, 0.2) is 36.8 Å². The molecule has 30 heavy (non-hydrogen) atoms. The smallest absolute Gasteiger partial charge is 0.313 e. The number of rotatable bonds is 7. The highest BCUT2D eigenvalue weighted by Crippen LogP contribution is 2.32. The lowest BCUT2D eigenvalue weighted by Gasteiger charge is -2.30. The molecule has 3 rings (SSSR count). The summed E-state index contributed by atoms with van der Waals surface area (Å²) >= 11 is 0. The maximum Gasteiger partial charge on any atom is 0.313 e. The number of hydrogen-bond acceptors (Lipinski definition) is 7. The highest BCUT2D eigenvalue weighted by molar-refractivity contribution is 6.02. The number of esters is 1. The van der Waals surface area contributed by atoms with E-state index >= 15 is 0 Å². The molecule has 0 aliphatic rings. The lowest BCUT2D eigenvalue weighted by atomic mass is 9.85. The first-order valence-corrected chi connectivity index (χ1v) is 9.35. The molecule has 0 aliphatic heterocycles. The van der Waals surface area contributed by atoms with Crippen LogP contribution in [0.25, 0.3) is 16.6 Å². The molecule has 0 radical (unpaired) electrons. The van der Waals surface area contributed by atoms with Crippen molar-refractivity contribution in [1.29, 1.82) is 0 Å². The minimum Gasteiger partial charge on any atom is -0.481 e. The Morgan fingerprint density at radius 1 is 1.20 bits per heavy atom. The molecule has 3 aromatic heterocycles. The van der Waals surface area contributed by atoms with Gasteiger partial charge in [0.1, 0.15) is 0 Å². The Balaban J connectivity index is 2.08. The van der Waals surface area contributed by atoms with E-state index < -0.39 is 11.3 Å². The molecule has 0 aliphatic carbocycles. The average molecular weight is 411 g/mol. The van der Waals surface area contributed by atoms with Gasteiger partial charge in [-0.3, -0.25) is 9.59 Å². The van der Waals surface area contributed by atoms with Crippen molar-refractivity contribution in [3.63, 3.8) is 0 Å². The fourth-order valence-electron chi connectivity index (χ4n) is 3.06. The van der Waals surface area contributed by atoms with E-state index in [0.29, 0.717) is 17.1 Å². The average Bonchev–Trinajstić information content (AvgIpc) is 3.17. The van der Waals surface area contributed by atoms with E-state index in [-0.39, 0.29) is 17.6 Å². The van der Waals surface area contributed by atoms with Crippen molar-refractivity contribution < 1.29 is 19.1 Å². The van der Waals surface area contributed by atoms with Gasteiger partial charge in [-0.15, -0.1) is 0 Å². The van der Waals surface area contributed by atoms with Crippen molar-refractivity contribution in [2.45, 2.75) is 26.8 Å². The Hall–Kier alpha value is -3.62. The fraction of sp³-hybridized carbons (Fsp3) is 0.333. The molecule has 0 spiro atoms. The third-order valence-corrected chi connectivity index (χ3v) is 5.34. The van der Waals surface area contributed by atoms with E-state index in [2.05, 4.69) is 15.4 Å². The molecule has 1 unspecified atom stereocenters. The Bertz CT molecular complexity index is 1090. The van der Waals surface area contributed by atoms with Crippen LogP contribution in [0.3, 0.4) is 0 Å². The first kappa shape index (κ1) is 21.1. The van der Waals surface area contributed by atoms with Crippen molar-refractivity contribution >= 4 is 23.1 Å². The van der Waals surface area contributed by atoms with Crippen molar-refractivity contribution in [2.75, 3.05) is 19.5 Å². The molecule has 3 heterocycles. The molecule has 1 atom stereocenters. The lowest BCUT2D eigenvalue weighted by Crippen LogP contribution is -2.41. The Kier molecular flexibility index (Phi) is 5.64. The zero-order chi connectivity index (χ0) is 22.1. The van der Waals surface area contributed by atoms with Crippen LogP contribution in [0.2, 0.25) is 0 Å². The van der Waals surface area contributed by atoms with Gasteiger partial charge in [0.05, 0.1) is 42.6 Å². The molecule has 9 nitrogen and oxygen atoms in total. The second kappa shape index (κ2) is 8.02. The number of carbonyl (C=O) groups is 2. The van der Waals surface area contributed by atoms with E-state index in [1.54, 1.807) is 37.7 Å². The largest absolute Gasteiger partial charge is 0.481 e. The normalized spacial score (nSPS) is 12.4. The molecule has 0 saturated carbocycles. The summed E-state index contributed by atoms with van der Waals surface area (Å²) in [7, 11) is 2.90. The van der Waals surface area contributed by atoms with Crippen LogP contribution in [0, 0.1) is 5.41 Å². The van der Waals surface area contributed by atoms with Crippen LogP contribution < -0.4 is 15.8 Å². The third-order valence-electron chi connectivity index (χ3n) is 5.34. The number of nitrogens with one attached hydrogen (secondary N) is 1. The molecule has 3 N–H and O–H groups in total. The summed E-state index contributed by atoms with van der Waals surface area (Å²) in [5.74, 6) is -0.476. The van der Waals surface area contributed by atoms with Gasteiger partial charge in [0.2, 0.25) is 5.88 Å². The summed E-state index contributed by atoms with van der Waals surface area (Å²) in [5, 5.41) is 7.58. The number of amides is 1. The predicted octanol–water partition coefficient (Wildman–Crippen LogP) is 2.50. The Morgan fingerprint density at radius 2 is 1.93 bits per heavy atom. The molecule has 3 aromatic rings. The van der Waals surface area contributed by atoms with Crippen LogP contribution in [-0.2, 0) is 9.53 Å². The van der Waals surface area contributed by atoms with Gasteiger partial charge in [-0.05, 0) is 32.9 Å². The van der Waals surface area contributed by atoms with Crippen LogP contribution in [0.1, 0.15) is 31.1 Å². The van der Waals surface area contributed by atoms with Gasteiger partial charge >= 0.3 is 5.97 Å². The monoisotopic (exact) mass is 411 g/mol. The molecule has 0 saturated heterocycles. The van der Waals surface area contributed by atoms with Crippen LogP contribution >= 0.6 is 0 Å². The van der Waals surface area contributed by atoms with Gasteiger partial charge in [0.15, 0.2) is 0 Å². The summed E-state index contributed by atoms with van der Waals surface area (Å²) in [6, 6.07) is 5.16. The molecule has 9 heteroatoms. The van der Waals surface area contributed by atoms with E-state index in [0.717, 1.165) is 11.1 Å². The number of carbonyl (C=O) groups excluding carboxylic acids is 2. The zero-order valence-electron chi connectivity index (χ0n) is 17.6. The number of hydrogen-bond donors (Lipinski definition) is 2. The number of nitrogens with two attached hydrogens (primary N) is 1. The van der Waals surface area contributed by atoms with Gasteiger partial charge < -0.3 is 20.5 Å². The Morgan fingerprint density at radius 3 is 2.50 bits per heavy atom. The van der Waals surface area contributed by atoms with Crippen LogP contribution in [0.4, 0.5) is 5.69 Å². The fourth-order valence-corrected chi connectivity index (χ4v) is 3.06. The number of aromatic nitrogens is 3. The summed E-state index contributed by atoms with van der Waals surface area (Å²) in [6.45, 7) is 5.38. The number of nitrogens with zero attached hydrogens (tertiary/aromatic N) is 3. The summed E-state index contributed by atoms with van der Waals surface area (Å²) in [5.41, 5.74) is 7.81. The van der Waals surface area contributed by atoms with Crippen molar-refractivity contribution in [3.05, 3.63) is 42.4 Å². The Labute approximate surface area is 174 Å². The molecule has 0 aromatic carbocycles. The molecule has 1 amide bonds. The SMILES string of the molecule is COC(=O)C(C)(C)C(C)Nc1c(C(N)=O)cnn2cc(-c3ccc(OC)nc3)cc12. The predicted molar refractivity (Wildman–Crippen MR) is 112 cm³/mol. The molecular formula is C21H25N5O4. The van der Waals surface area contributed by atoms with Crippen LogP contribution in [0.5, 0.6) is 5.88 Å². The van der Waals surface area contributed by atoms with Gasteiger partial charge in [-0.25, -0.2) is 9.50 Å². The molecule has 0 fully saturated rings. The summed E-state index contributed by atoms with van der Waals surface area (Å²) < 4.78 is 11.7. The van der Waals surface area contributed by atoms with E-state index in [1.165, 1.54) is 13.3 Å². The quantitative estimate of drug-likeness (QED) is 0.573. The number of pyridine rings is 1. The highest BCUT2D eigenvalue weighted by Gasteiger charge is 2.36. The molecular weight excluding hydrogens is 386 g/mol. The first-order chi connectivity index (χ1) is 14.2. The summed E-state index contributed by atoms with van der Waals surface area (Å²) in [6.07, 6.45) is 4.93. The number of primary amides is 1. The van der Waals surface area contributed by atoms with E-state index in [4.69, 9.17) is 15.2 Å². The maximum absolute atomic E-state index is 12.2. The van der Waals surface area contributed by atoms with Gasteiger partial charge in [-0.2, -0.15) is 5.10 Å². The van der Waals surface area contributed by atoms with E-state index in [1.807, 2.05) is 25.3 Å². The van der Waals surface area contributed by atoms with Gasteiger partial charge in [-0.1, -0.05) is 0 Å². The molecule has 158 valence electrons. The number of methoxy groups -OCH3 is 2. The standard InChI is InChI=1S/C21H25N5O4/c1-12(21(2,3)20(28)30-5)25-18-15(19(22)27)10-24-26-11-14(8-16(18)26)13-6-7-17(29-4)23-9-13/h6-12,25H,1-5H3,(H2,22,27). The number of fused-ring (bicyclic) bond motifs is 1. The molecule has 0 bridgehead atoms. The van der Waals surface area contributed by atoms with E-state index in [9.17, 15) is 9.59 Å². The van der Waals surface area contributed by atoms with Gasteiger partial charge in [0, 0.05) is 35.6 Å². The van der Waals surface area contributed by atoms with Crippen molar-refractivity contribution in [2.24, 2.45) is 11.1 Å². The maximum atomic E-state index is 12.2. The zero-order valence-corrected chi connectivity index (χ0v) is 17.6.